The fourth-order valence-corrected chi connectivity index (χ4v) is 5.07. The van der Waals surface area contributed by atoms with Gasteiger partial charge in [0.1, 0.15) is 23.6 Å². The molecule has 39 heavy (non-hydrogen) atoms. The van der Waals surface area contributed by atoms with E-state index in [2.05, 4.69) is 20.6 Å². The summed E-state index contributed by atoms with van der Waals surface area (Å²) in [6, 6.07) is 6.56. The summed E-state index contributed by atoms with van der Waals surface area (Å²) in [5.74, 6) is -0.608. The maximum absolute atomic E-state index is 13.4. The zero-order chi connectivity index (χ0) is 27.5. The van der Waals surface area contributed by atoms with E-state index >= 15 is 0 Å². The number of fused-ring (bicyclic) bond motifs is 1. The minimum Gasteiger partial charge on any atom is -0.475 e. The van der Waals surface area contributed by atoms with Crippen LogP contribution in [0.1, 0.15) is 50.1 Å². The molecule has 0 radical (unpaired) electrons. The topological polar surface area (TPSA) is 136 Å². The number of furan rings is 1. The van der Waals surface area contributed by atoms with Crippen LogP contribution in [0.15, 0.2) is 34.9 Å². The summed E-state index contributed by atoms with van der Waals surface area (Å²) in [7, 11) is 0. The highest BCUT2D eigenvalue weighted by molar-refractivity contribution is 6.30. The Bertz CT molecular complexity index is 1370. The largest absolute Gasteiger partial charge is 0.475 e. The van der Waals surface area contributed by atoms with Gasteiger partial charge in [0, 0.05) is 30.8 Å². The van der Waals surface area contributed by atoms with Crippen molar-refractivity contribution in [3.8, 4) is 5.88 Å². The number of aromatic nitrogens is 2. The average molecular weight is 556 g/mol. The van der Waals surface area contributed by atoms with Crippen LogP contribution < -0.4 is 15.4 Å². The molecule has 206 valence electrons. The van der Waals surface area contributed by atoms with Crippen molar-refractivity contribution in [2.24, 2.45) is 5.92 Å². The third-order valence-electron chi connectivity index (χ3n) is 6.82. The molecule has 11 nitrogen and oxygen atoms in total. The molecule has 1 aliphatic carbocycles. The Balaban J connectivity index is 1.36. The monoisotopic (exact) mass is 555 g/mol. The van der Waals surface area contributed by atoms with E-state index in [-0.39, 0.29) is 53.8 Å². The molecule has 2 fully saturated rings. The standard InChI is InChI=1S/C27H30ClN5O6/c1-15(2)38-21-10-8-19-23(31-21)24(25(39-19)27(36)30-20-9-5-17(28)13-29-20)32-26(35)16-3-6-18(7-4-16)33-11-12-37-14-22(33)34/h5,8-10,13,15-16,18H,3-4,6-7,11-12,14H2,1-2H3,(H,32,35)(H,29,30,36). The molecule has 5 rings (SSSR count). The van der Waals surface area contributed by atoms with Crippen molar-refractivity contribution < 1.29 is 28.3 Å². The van der Waals surface area contributed by atoms with E-state index in [1.165, 1.54) is 6.20 Å². The van der Waals surface area contributed by atoms with Gasteiger partial charge in [-0.15, -0.1) is 0 Å². The van der Waals surface area contributed by atoms with Gasteiger partial charge in [-0.3, -0.25) is 14.4 Å². The van der Waals surface area contributed by atoms with E-state index in [1.54, 1.807) is 24.3 Å². The second-order valence-electron chi connectivity index (χ2n) is 9.92. The molecule has 1 saturated heterocycles. The number of ether oxygens (including phenoxy) is 2. The Hall–Kier alpha value is -3.70. The summed E-state index contributed by atoms with van der Waals surface area (Å²) in [4.78, 5) is 49.4. The Kier molecular flexibility index (Phi) is 7.99. The van der Waals surface area contributed by atoms with Crippen molar-refractivity contribution in [3.63, 3.8) is 0 Å². The van der Waals surface area contributed by atoms with Crippen molar-refractivity contribution >= 4 is 51.9 Å². The van der Waals surface area contributed by atoms with Crippen LogP contribution in [-0.4, -0.2) is 64.5 Å². The molecular formula is C27H30ClN5O6. The smallest absolute Gasteiger partial charge is 0.294 e. The third-order valence-corrected chi connectivity index (χ3v) is 7.04. The molecule has 3 aromatic heterocycles. The second-order valence-corrected chi connectivity index (χ2v) is 10.4. The molecule has 0 atom stereocenters. The first-order chi connectivity index (χ1) is 18.8. The van der Waals surface area contributed by atoms with Gasteiger partial charge < -0.3 is 29.4 Å². The average Bonchev–Trinajstić information content (AvgIpc) is 3.27. The normalized spacial score (nSPS) is 19.8. The van der Waals surface area contributed by atoms with Gasteiger partial charge >= 0.3 is 0 Å². The Labute approximate surface area is 230 Å². The zero-order valence-electron chi connectivity index (χ0n) is 21.7. The number of hydrogen-bond donors (Lipinski definition) is 2. The Morgan fingerprint density at radius 3 is 2.62 bits per heavy atom. The van der Waals surface area contributed by atoms with E-state index in [0.29, 0.717) is 48.0 Å². The van der Waals surface area contributed by atoms with Gasteiger partial charge in [0.2, 0.25) is 23.5 Å². The van der Waals surface area contributed by atoms with E-state index in [0.717, 1.165) is 12.8 Å². The van der Waals surface area contributed by atoms with Gasteiger partial charge in [0.15, 0.2) is 5.58 Å². The second kappa shape index (κ2) is 11.6. The summed E-state index contributed by atoms with van der Waals surface area (Å²) < 4.78 is 16.8. The molecule has 0 spiro atoms. The molecule has 0 aromatic carbocycles. The Morgan fingerprint density at radius 2 is 1.92 bits per heavy atom. The van der Waals surface area contributed by atoms with Gasteiger partial charge in [-0.2, -0.15) is 0 Å². The molecule has 0 unspecified atom stereocenters. The lowest BCUT2D eigenvalue weighted by molar-refractivity contribution is -0.146. The molecule has 1 aliphatic heterocycles. The molecule has 1 saturated carbocycles. The van der Waals surface area contributed by atoms with Gasteiger partial charge in [0.05, 0.1) is 17.7 Å². The predicted octanol–water partition coefficient (Wildman–Crippen LogP) is 4.27. The van der Waals surface area contributed by atoms with Gasteiger partial charge in [-0.1, -0.05) is 11.6 Å². The number of carbonyl (C=O) groups excluding carboxylic acids is 3. The van der Waals surface area contributed by atoms with Crippen LogP contribution in [0, 0.1) is 5.92 Å². The number of halogens is 1. The third kappa shape index (κ3) is 6.15. The molecular weight excluding hydrogens is 526 g/mol. The summed E-state index contributed by atoms with van der Waals surface area (Å²) in [6.07, 6.45) is 3.96. The summed E-state index contributed by atoms with van der Waals surface area (Å²) >= 11 is 5.90. The maximum Gasteiger partial charge on any atom is 0.294 e. The Morgan fingerprint density at radius 1 is 1.13 bits per heavy atom. The summed E-state index contributed by atoms with van der Waals surface area (Å²) in [5, 5.41) is 6.01. The number of carbonyl (C=O) groups is 3. The first-order valence-electron chi connectivity index (χ1n) is 13.0. The highest BCUT2D eigenvalue weighted by Crippen LogP contribution is 2.34. The number of nitrogens with one attached hydrogen (secondary N) is 2. The van der Waals surface area contributed by atoms with Crippen molar-refractivity contribution in [3.05, 3.63) is 41.2 Å². The molecule has 2 N–H and O–H groups in total. The predicted molar refractivity (Wildman–Crippen MR) is 144 cm³/mol. The molecule has 0 bridgehead atoms. The maximum atomic E-state index is 13.4. The lowest BCUT2D eigenvalue weighted by atomic mass is 9.84. The number of rotatable bonds is 7. The fraction of sp³-hybridized carbons (Fsp3) is 0.444. The van der Waals surface area contributed by atoms with E-state index in [9.17, 15) is 14.4 Å². The summed E-state index contributed by atoms with van der Waals surface area (Å²) in [5.41, 5.74) is 0.801. The van der Waals surface area contributed by atoms with Crippen LogP contribution in [-0.2, 0) is 14.3 Å². The number of amides is 3. The lowest BCUT2D eigenvalue weighted by Crippen LogP contribution is -2.49. The van der Waals surface area contributed by atoms with Crippen molar-refractivity contribution in [2.75, 3.05) is 30.4 Å². The van der Waals surface area contributed by atoms with Crippen LogP contribution in [0.3, 0.4) is 0 Å². The molecule has 3 amide bonds. The number of pyridine rings is 2. The van der Waals surface area contributed by atoms with E-state index < -0.39 is 5.91 Å². The van der Waals surface area contributed by atoms with Crippen LogP contribution >= 0.6 is 11.6 Å². The van der Waals surface area contributed by atoms with Crippen molar-refractivity contribution in [1.82, 2.24) is 14.9 Å². The van der Waals surface area contributed by atoms with Crippen LogP contribution in [0.25, 0.3) is 11.1 Å². The summed E-state index contributed by atoms with van der Waals surface area (Å²) in [6.45, 7) is 4.98. The zero-order valence-corrected chi connectivity index (χ0v) is 22.5. The number of morpholine rings is 1. The van der Waals surface area contributed by atoms with Crippen molar-refractivity contribution in [2.45, 2.75) is 51.7 Å². The quantitative estimate of drug-likeness (QED) is 0.441. The van der Waals surface area contributed by atoms with Crippen LogP contribution in [0.4, 0.5) is 11.5 Å². The number of hydrogen-bond acceptors (Lipinski definition) is 8. The van der Waals surface area contributed by atoms with E-state index in [1.807, 2.05) is 18.7 Å². The molecule has 2 aliphatic rings. The highest BCUT2D eigenvalue weighted by Gasteiger charge is 2.34. The van der Waals surface area contributed by atoms with Crippen molar-refractivity contribution in [1.29, 1.82) is 0 Å². The fourth-order valence-electron chi connectivity index (χ4n) is 4.96. The molecule has 12 heteroatoms. The van der Waals surface area contributed by atoms with Crippen LogP contribution in [0.2, 0.25) is 5.02 Å². The first-order valence-corrected chi connectivity index (χ1v) is 13.4. The van der Waals surface area contributed by atoms with E-state index in [4.69, 9.17) is 25.5 Å². The van der Waals surface area contributed by atoms with Gasteiger partial charge in [0.25, 0.3) is 5.91 Å². The number of nitrogens with zero attached hydrogens (tertiary/aromatic N) is 3. The molecule has 3 aromatic rings. The minimum absolute atomic E-state index is 0.00431. The highest BCUT2D eigenvalue weighted by atomic mass is 35.5. The van der Waals surface area contributed by atoms with Gasteiger partial charge in [-0.05, 0) is 57.7 Å². The van der Waals surface area contributed by atoms with Gasteiger partial charge in [-0.25, -0.2) is 9.97 Å². The lowest BCUT2D eigenvalue weighted by Gasteiger charge is -2.38. The van der Waals surface area contributed by atoms with Crippen LogP contribution in [0.5, 0.6) is 5.88 Å². The SMILES string of the molecule is CC(C)Oc1ccc2oc(C(=O)Nc3ccc(Cl)cn3)c(NC(=O)C3CCC(N4CCOCC4=O)CC3)c2n1. The minimum atomic E-state index is -0.598. The number of anilines is 2. The molecule has 4 heterocycles. The first kappa shape index (κ1) is 26.9.